The SMILES string of the molecule is CS(C)(=O)=O.N[C@@H](C=O)[C@@H](O)[C@H](O)[C@H](O)CO. The van der Waals surface area contributed by atoms with Crippen molar-refractivity contribution < 1.29 is 33.6 Å². The fourth-order valence-corrected chi connectivity index (χ4v) is 0.644. The second-order valence-electron chi connectivity index (χ2n) is 3.59. The van der Waals surface area contributed by atoms with Gasteiger partial charge in [0.25, 0.3) is 0 Å². The van der Waals surface area contributed by atoms with Crippen LogP contribution in [0, 0.1) is 0 Å². The molecular formula is C8H19NO7S. The molecule has 4 atom stereocenters. The number of carbonyl (C=O) groups excluding carboxylic acids is 1. The first kappa shape index (κ1) is 18.8. The van der Waals surface area contributed by atoms with E-state index < -0.39 is 40.8 Å². The highest BCUT2D eigenvalue weighted by Gasteiger charge is 2.28. The lowest BCUT2D eigenvalue weighted by atomic mass is 10.0. The third kappa shape index (κ3) is 11.7. The number of hydrogen-bond acceptors (Lipinski definition) is 8. The monoisotopic (exact) mass is 273 g/mol. The van der Waals surface area contributed by atoms with Crippen molar-refractivity contribution in [3.63, 3.8) is 0 Å². The Hall–Kier alpha value is -0.580. The summed E-state index contributed by atoms with van der Waals surface area (Å²) >= 11 is 0. The van der Waals surface area contributed by atoms with E-state index in [2.05, 4.69) is 0 Å². The Morgan fingerprint density at radius 3 is 1.76 bits per heavy atom. The zero-order chi connectivity index (χ0) is 14.2. The van der Waals surface area contributed by atoms with E-state index in [0.29, 0.717) is 0 Å². The van der Waals surface area contributed by atoms with Crippen LogP contribution in [0.25, 0.3) is 0 Å². The third-order valence-corrected chi connectivity index (χ3v) is 1.48. The highest BCUT2D eigenvalue weighted by atomic mass is 32.2. The molecule has 0 saturated carbocycles. The van der Waals surface area contributed by atoms with Crippen molar-refractivity contribution in [3.8, 4) is 0 Å². The van der Waals surface area contributed by atoms with Gasteiger partial charge in [-0.2, -0.15) is 0 Å². The van der Waals surface area contributed by atoms with Gasteiger partial charge < -0.3 is 31.0 Å². The molecule has 0 amide bonds. The van der Waals surface area contributed by atoms with Gasteiger partial charge in [-0.05, 0) is 0 Å². The number of aliphatic hydroxyl groups is 4. The van der Waals surface area contributed by atoms with E-state index in [1.165, 1.54) is 0 Å². The summed E-state index contributed by atoms with van der Waals surface area (Å²) in [5.41, 5.74) is 5.04. The van der Waals surface area contributed by atoms with Crippen LogP contribution >= 0.6 is 0 Å². The number of aldehydes is 1. The molecule has 8 nitrogen and oxygen atoms in total. The molecule has 6 N–H and O–H groups in total. The van der Waals surface area contributed by atoms with Gasteiger partial charge in [-0.1, -0.05) is 0 Å². The van der Waals surface area contributed by atoms with Crippen molar-refractivity contribution in [2.75, 3.05) is 19.1 Å². The molecule has 0 bridgehead atoms. The lowest BCUT2D eigenvalue weighted by Gasteiger charge is -2.23. The van der Waals surface area contributed by atoms with E-state index in [9.17, 15) is 13.2 Å². The number of carbonyl (C=O) groups is 1. The van der Waals surface area contributed by atoms with Crippen LogP contribution in [0.5, 0.6) is 0 Å². The molecule has 0 spiro atoms. The first-order chi connectivity index (χ1) is 7.54. The summed E-state index contributed by atoms with van der Waals surface area (Å²) in [6, 6.07) is -1.26. The highest BCUT2D eigenvalue weighted by molar-refractivity contribution is 7.89. The first-order valence-corrected chi connectivity index (χ1v) is 6.85. The summed E-state index contributed by atoms with van der Waals surface area (Å²) in [6.45, 7) is -0.705. The van der Waals surface area contributed by atoms with Crippen molar-refractivity contribution in [3.05, 3.63) is 0 Å². The lowest BCUT2D eigenvalue weighted by Crippen LogP contribution is -2.49. The third-order valence-electron chi connectivity index (χ3n) is 1.48. The molecule has 0 aromatic carbocycles. The van der Waals surface area contributed by atoms with E-state index in [0.717, 1.165) is 12.5 Å². The number of nitrogens with two attached hydrogens (primary N) is 1. The maximum Gasteiger partial charge on any atom is 0.144 e. The van der Waals surface area contributed by atoms with Gasteiger partial charge in [-0.25, -0.2) is 8.42 Å². The fraction of sp³-hybridized carbons (Fsp3) is 0.875. The van der Waals surface area contributed by atoms with E-state index in [4.69, 9.17) is 26.2 Å². The molecule has 9 heteroatoms. The number of aliphatic hydroxyl groups excluding tert-OH is 4. The molecular weight excluding hydrogens is 254 g/mol. The smallest absolute Gasteiger partial charge is 0.144 e. The van der Waals surface area contributed by atoms with Crippen LogP contribution < -0.4 is 5.73 Å². The number of sulfone groups is 1. The van der Waals surface area contributed by atoms with E-state index in [-0.39, 0.29) is 6.29 Å². The Balaban J connectivity index is 0. The van der Waals surface area contributed by atoms with Crippen molar-refractivity contribution >= 4 is 16.1 Å². The summed E-state index contributed by atoms with van der Waals surface area (Å²) in [7, 11) is -2.67. The summed E-state index contributed by atoms with van der Waals surface area (Å²) in [6.07, 6.45) is -2.11. The molecule has 17 heavy (non-hydrogen) atoms. The van der Waals surface area contributed by atoms with Gasteiger partial charge in [-0.3, -0.25) is 0 Å². The van der Waals surface area contributed by atoms with Gasteiger partial charge in [0.2, 0.25) is 0 Å². The van der Waals surface area contributed by atoms with Gasteiger partial charge in [0, 0.05) is 12.5 Å². The van der Waals surface area contributed by atoms with Crippen LogP contribution in [0.4, 0.5) is 0 Å². The summed E-state index contributed by atoms with van der Waals surface area (Å²) in [5, 5.41) is 35.2. The Labute approximate surface area is 99.6 Å². The van der Waals surface area contributed by atoms with Gasteiger partial charge in [-0.15, -0.1) is 0 Å². The predicted molar refractivity (Wildman–Crippen MR) is 59.9 cm³/mol. The van der Waals surface area contributed by atoms with Gasteiger partial charge in [0.05, 0.1) is 12.6 Å². The predicted octanol–water partition coefficient (Wildman–Crippen LogP) is -3.75. The van der Waals surface area contributed by atoms with Crippen LogP contribution in [0.15, 0.2) is 0 Å². The van der Waals surface area contributed by atoms with Crippen LogP contribution in [0.2, 0.25) is 0 Å². The number of hydrogen-bond donors (Lipinski definition) is 5. The molecule has 0 heterocycles. The van der Waals surface area contributed by atoms with Crippen molar-refractivity contribution in [1.82, 2.24) is 0 Å². The maximum atomic E-state index is 10.0. The largest absolute Gasteiger partial charge is 0.394 e. The molecule has 0 aliphatic rings. The molecule has 0 fully saturated rings. The van der Waals surface area contributed by atoms with Crippen molar-refractivity contribution in [1.29, 1.82) is 0 Å². The van der Waals surface area contributed by atoms with Crippen molar-refractivity contribution in [2.45, 2.75) is 24.4 Å². The summed E-state index contributed by atoms with van der Waals surface area (Å²) < 4.78 is 19.3. The van der Waals surface area contributed by atoms with Crippen LogP contribution in [0.3, 0.4) is 0 Å². The number of rotatable bonds is 5. The molecule has 0 aliphatic heterocycles. The molecule has 0 rings (SSSR count). The topological polar surface area (TPSA) is 158 Å². The highest BCUT2D eigenvalue weighted by Crippen LogP contribution is 2.01. The van der Waals surface area contributed by atoms with Gasteiger partial charge >= 0.3 is 0 Å². The molecule has 0 unspecified atom stereocenters. The average Bonchev–Trinajstić information content (AvgIpc) is 2.22. The van der Waals surface area contributed by atoms with Crippen LogP contribution in [-0.2, 0) is 14.6 Å². The van der Waals surface area contributed by atoms with E-state index >= 15 is 0 Å². The van der Waals surface area contributed by atoms with Crippen molar-refractivity contribution in [2.24, 2.45) is 5.73 Å². The minimum Gasteiger partial charge on any atom is -0.394 e. The Morgan fingerprint density at radius 2 is 1.53 bits per heavy atom. The molecule has 0 aliphatic carbocycles. The summed E-state index contributed by atoms with van der Waals surface area (Å²) in [4.78, 5) is 10.0. The zero-order valence-corrected chi connectivity index (χ0v) is 10.4. The Kier molecular flexibility index (Phi) is 9.39. The normalized spacial score (nSPS) is 18.3. The van der Waals surface area contributed by atoms with E-state index in [1.807, 2.05) is 0 Å². The fourth-order valence-electron chi connectivity index (χ4n) is 0.644. The molecule has 0 radical (unpaired) electrons. The quantitative estimate of drug-likeness (QED) is 0.319. The van der Waals surface area contributed by atoms with E-state index in [1.54, 1.807) is 0 Å². The molecule has 0 saturated heterocycles. The van der Waals surface area contributed by atoms with Crippen LogP contribution in [-0.4, -0.2) is 78.6 Å². The van der Waals surface area contributed by atoms with Gasteiger partial charge in [0.15, 0.2) is 0 Å². The zero-order valence-electron chi connectivity index (χ0n) is 9.59. The lowest BCUT2D eigenvalue weighted by molar-refractivity contribution is -0.118. The maximum absolute atomic E-state index is 10.0. The molecule has 0 aromatic heterocycles. The van der Waals surface area contributed by atoms with Gasteiger partial charge in [0.1, 0.15) is 34.4 Å². The summed E-state index contributed by atoms with van der Waals surface area (Å²) in [5.74, 6) is 0. The minimum atomic E-state index is -2.67. The Morgan fingerprint density at radius 1 is 1.18 bits per heavy atom. The minimum absolute atomic E-state index is 0.248. The second-order valence-corrected chi connectivity index (χ2v) is 5.87. The second kappa shape index (κ2) is 8.50. The molecule has 104 valence electrons. The first-order valence-electron chi connectivity index (χ1n) is 4.55. The standard InChI is InChI=1S/C6H13NO5.C2H6O2S/c7-3(1-8)5(11)6(12)4(10)2-9;1-5(2,3)4/h1,3-6,9-12H,2,7H2;1-2H3/t3-,4+,5+,6+;/m0./s1. The average molecular weight is 273 g/mol. The van der Waals surface area contributed by atoms with Crippen LogP contribution in [0.1, 0.15) is 0 Å². The molecule has 0 aromatic rings. The Bertz CT molecular complexity index is 297.